The van der Waals surface area contributed by atoms with Crippen molar-refractivity contribution in [3.05, 3.63) is 28.8 Å². The molecule has 2 aliphatic heterocycles. The van der Waals surface area contributed by atoms with Crippen molar-refractivity contribution in [2.24, 2.45) is 0 Å². The summed E-state index contributed by atoms with van der Waals surface area (Å²) in [7, 11) is 0. The van der Waals surface area contributed by atoms with E-state index in [1.807, 2.05) is 32.0 Å². The minimum atomic E-state index is -0.505. The number of ketones is 1. The first kappa shape index (κ1) is 15.5. The molecule has 1 amide bonds. The Morgan fingerprint density at radius 3 is 2.61 bits per heavy atom. The molecular formula is C18H20N2O3. The van der Waals surface area contributed by atoms with Crippen LogP contribution < -0.4 is 4.74 Å². The summed E-state index contributed by atoms with van der Waals surface area (Å²) in [6.07, 6.45) is 1.53. The monoisotopic (exact) mass is 312 g/mol. The van der Waals surface area contributed by atoms with Gasteiger partial charge in [-0.1, -0.05) is 0 Å². The Balaban J connectivity index is 1.79. The molecular weight excluding hydrogens is 292 g/mol. The number of ether oxygens (including phenoxy) is 1. The first-order valence-electron chi connectivity index (χ1n) is 7.92. The van der Waals surface area contributed by atoms with Crippen LogP contribution in [0.2, 0.25) is 0 Å². The fourth-order valence-electron chi connectivity index (χ4n) is 3.37. The second-order valence-electron chi connectivity index (χ2n) is 6.53. The van der Waals surface area contributed by atoms with Crippen molar-refractivity contribution >= 4 is 11.7 Å². The van der Waals surface area contributed by atoms with Crippen LogP contribution in [0.5, 0.6) is 5.75 Å². The fourth-order valence-corrected chi connectivity index (χ4v) is 3.37. The molecule has 2 heterocycles. The summed E-state index contributed by atoms with van der Waals surface area (Å²) in [5.41, 5.74) is 2.36. The lowest BCUT2D eigenvalue weighted by Gasteiger charge is -2.44. The van der Waals surface area contributed by atoms with Gasteiger partial charge in [-0.25, -0.2) is 0 Å². The average molecular weight is 312 g/mol. The van der Waals surface area contributed by atoms with Gasteiger partial charge in [0.2, 0.25) is 5.91 Å². The van der Waals surface area contributed by atoms with Gasteiger partial charge in [-0.3, -0.25) is 9.59 Å². The molecule has 1 saturated heterocycles. The number of nitriles is 1. The van der Waals surface area contributed by atoms with Gasteiger partial charge in [-0.2, -0.15) is 5.26 Å². The highest BCUT2D eigenvalue weighted by atomic mass is 16.5. The maximum atomic E-state index is 12.5. The van der Waals surface area contributed by atoms with E-state index in [0.29, 0.717) is 43.7 Å². The molecule has 1 aromatic rings. The number of Topliss-reactive ketones (excluding diaryl/α,β-unsaturated/α-hetero) is 1. The van der Waals surface area contributed by atoms with E-state index in [1.165, 1.54) is 0 Å². The molecule has 0 aliphatic carbocycles. The molecule has 2 aliphatic rings. The molecule has 1 aromatic carbocycles. The zero-order valence-electron chi connectivity index (χ0n) is 13.5. The molecule has 23 heavy (non-hydrogen) atoms. The van der Waals surface area contributed by atoms with E-state index in [0.717, 1.165) is 11.1 Å². The van der Waals surface area contributed by atoms with Crippen LogP contribution >= 0.6 is 0 Å². The third-order valence-electron chi connectivity index (χ3n) is 4.96. The number of carbonyl (C=O) groups is 2. The number of aryl methyl sites for hydroxylation is 2. The van der Waals surface area contributed by atoms with Crippen LogP contribution in [0, 0.1) is 25.2 Å². The lowest BCUT2D eigenvalue weighted by atomic mass is 9.82. The van der Waals surface area contributed by atoms with E-state index in [1.54, 1.807) is 4.90 Å². The van der Waals surface area contributed by atoms with Crippen molar-refractivity contribution in [2.75, 3.05) is 13.1 Å². The zero-order chi connectivity index (χ0) is 16.6. The quantitative estimate of drug-likeness (QED) is 0.799. The molecule has 5 nitrogen and oxygen atoms in total. The van der Waals surface area contributed by atoms with Gasteiger partial charge in [0.25, 0.3) is 0 Å². The van der Waals surface area contributed by atoms with Crippen molar-refractivity contribution in [3.63, 3.8) is 0 Å². The standard InChI is InChI=1S/C18H20N2O3/c1-12-9-14-15(21)11-18(23-16(14)10-13(12)2)4-7-20(8-5-18)17(22)3-6-19/h9-10H,3-5,7-8,11H2,1-2H3. The number of likely N-dealkylation sites (tertiary alicyclic amines) is 1. The summed E-state index contributed by atoms with van der Waals surface area (Å²) in [4.78, 5) is 26.0. The molecule has 0 radical (unpaired) electrons. The van der Waals surface area contributed by atoms with Crippen LogP contribution in [0.15, 0.2) is 12.1 Å². The minimum Gasteiger partial charge on any atom is -0.486 e. The second kappa shape index (κ2) is 5.69. The number of hydrogen-bond donors (Lipinski definition) is 0. The topological polar surface area (TPSA) is 70.4 Å². The molecule has 1 fully saturated rings. The highest BCUT2D eigenvalue weighted by Crippen LogP contribution is 2.40. The summed E-state index contributed by atoms with van der Waals surface area (Å²) in [6, 6.07) is 5.74. The highest BCUT2D eigenvalue weighted by molar-refractivity contribution is 6.00. The van der Waals surface area contributed by atoms with Gasteiger partial charge in [0.15, 0.2) is 5.78 Å². The Morgan fingerprint density at radius 1 is 1.30 bits per heavy atom. The molecule has 0 aromatic heterocycles. The Bertz CT molecular complexity index is 710. The molecule has 0 saturated carbocycles. The lowest BCUT2D eigenvalue weighted by molar-refractivity contribution is -0.133. The van der Waals surface area contributed by atoms with E-state index < -0.39 is 5.60 Å². The second-order valence-corrected chi connectivity index (χ2v) is 6.53. The van der Waals surface area contributed by atoms with Crippen molar-refractivity contribution in [3.8, 4) is 11.8 Å². The molecule has 0 bridgehead atoms. The number of piperidine rings is 1. The van der Waals surface area contributed by atoms with Gasteiger partial charge >= 0.3 is 0 Å². The minimum absolute atomic E-state index is 0.0892. The number of nitrogens with zero attached hydrogens (tertiary/aromatic N) is 2. The van der Waals surface area contributed by atoms with Crippen molar-refractivity contribution in [1.29, 1.82) is 5.26 Å². The average Bonchev–Trinajstić information content (AvgIpc) is 2.50. The Hall–Kier alpha value is -2.35. The van der Waals surface area contributed by atoms with Crippen LogP contribution in [-0.4, -0.2) is 35.3 Å². The van der Waals surface area contributed by atoms with E-state index >= 15 is 0 Å². The molecule has 5 heteroatoms. The van der Waals surface area contributed by atoms with Crippen LogP contribution in [0.1, 0.15) is 47.2 Å². The van der Waals surface area contributed by atoms with Gasteiger partial charge in [0, 0.05) is 25.9 Å². The molecule has 120 valence electrons. The largest absolute Gasteiger partial charge is 0.486 e. The van der Waals surface area contributed by atoms with Gasteiger partial charge < -0.3 is 9.64 Å². The Kier molecular flexibility index (Phi) is 3.85. The van der Waals surface area contributed by atoms with Gasteiger partial charge in [-0.15, -0.1) is 0 Å². The molecule has 1 spiro atoms. The first-order valence-corrected chi connectivity index (χ1v) is 7.92. The van der Waals surface area contributed by atoms with E-state index in [-0.39, 0.29) is 18.1 Å². The number of hydrogen-bond acceptors (Lipinski definition) is 4. The summed E-state index contributed by atoms with van der Waals surface area (Å²) in [5, 5.41) is 8.64. The smallest absolute Gasteiger partial charge is 0.236 e. The number of benzene rings is 1. The summed E-state index contributed by atoms with van der Waals surface area (Å²) < 4.78 is 6.23. The first-order chi connectivity index (χ1) is 10.9. The lowest BCUT2D eigenvalue weighted by Crippen LogP contribution is -2.52. The molecule has 0 unspecified atom stereocenters. The fraction of sp³-hybridized carbons (Fsp3) is 0.500. The maximum Gasteiger partial charge on any atom is 0.236 e. The predicted molar refractivity (Wildman–Crippen MR) is 84.3 cm³/mol. The summed E-state index contributed by atoms with van der Waals surface area (Å²) in [5.74, 6) is 0.642. The van der Waals surface area contributed by atoms with Gasteiger partial charge in [-0.05, 0) is 37.1 Å². The Morgan fingerprint density at radius 2 is 1.96 bits per heavy atom. The normalized spacial score (nSPS) is 19.0. The zero-order valence-corrected chi connectivity index (χ0v) is 13.5. The van der Waals surface area contributed by atoms with Crippen molar-refractivity contribution in [1.82, 2.24) is 4.90 Å². The predicted octanol–water partition coefficient (Wildman–Crippen LogP) is 2.54. The maximum absolute atomic E-state index is 12.5. The van der Waals surface area contributed by atoms with Crippen molar-refractivity contribution in [2.45, 2.75) is 45.1 Å². The number of carbonyl (C=O) groups excluding carboxylic acids is 2. The number of amides is 1. The Labute approximate surface area is 135 Å². The van der Waals surface area contributed by atoms with E-state index in [9.17, 15) is 9.59 Å². The number of rotatable bonds is 1. The van der Waals surface area contributed by atoms with E-state index in [2.05, 4.69) is 0 Å². The van der Waals surface area contributed by atoms with Crippen LogP contribution in [0.3, 0.4) is 0 Å². The van der Waals surface area contributed by atoms with E-state index in [4.69, 9.17) is 10.00 Å². The number of fused-ring (bicyclic) bond motifs is 1. The third kappa shape index (κ3) is 2.81. The highest BCUT2D eigenvalue weighted by Gasteiger charge is 2.43. The SMILES string of the molecule is Cc1cc2c(cc1C)C(=O)CC1(CCN(C(=O)CC#N)CC1)O2. The van der Waals surface area contributed by atoms with Gasteiger partial charge in [0.05, 0.1) is 18.1 Å². The van der Waals surface area contributed by atoms with Crippen molar-refractivity contribution < 1.29 is 14.3 Å². The molecule has 0 N–H and O–H groups in total. The van der Waals surface area contributed by atoms with Gasteiger partial charge in [0.1, 0.15) is 17.8 Å². The molecule has 0 atom stereocenters. The van der Waals surface area contributed by atoms with Crippen LogP contribution in [-0.2, 0) is 4.79 Å². The summed E-state index contributed by atoms with van der Waals surface area (Å²) >= 11 is 0. The van der Waals surface area contributed by atoms with Crippen LogP contribution in [0.4, 0.5) is 0 Å². The van der Waals surface area contributed by atoms with Crippen LogP contribution in [0.25, 0.3) is 0 Å². The molecule has 3 rings (SSSR count). The third-order valence-corrected chi connectivity index (χ3v) is 4.96. The summed E-state index contributed by atoms with van der Waals surface area (Å²) in [6.45, 7) is 5.07.